The van der Waals surface area contributed by atoms with E-state index in [0.717, 1.165) is 19.4 Å². The summed E-state index contributed by atoms with van der Waals surface area (Å²) < 4.78 is 16.2. The zero-order valence-electron chi connectivity index (χ0n) is 7.99. The van der Waals surface area contributed by atoms with E-state index in [1.54, 1.807) is 7.11 Å². The largest absolute Gasteiger partial charge is 0.364 e. The average Bonchev–Trinajstić information content (AvgIpc) is 2.75. The number of hydrogen-bond donors (Lipinski definition) is 0. The fraction of sp³-hybridized carbons (Fsp3) is 0.800. The molecular formula is C10H16O3. The molecule has 13 heavy (non-hydrogen) atoms. The molecule has 1 aliphatic heterocycles. The number of hydrogen-bond acceptors (Lipinski definition) is 3. The fourth-order valence-corrected chi connectivity index (χ4v) is 2.20. The number of ether oxygens (including phenoxy) is 3. The Kier molecular flexibility index (Phi) is 2.67. The van der Waals surface area contributed by atoms with Gasteiger partial charge in [0.2, 0.25) is 0 Å². The molecule has 2 atom stereocenters. The van der Waals surface area contributed by atoms with Gasteiger partial charge in [0.25, 0.3) is 0 Å². The molecule has 1 spiro atoms. The van der Waals surface area contributed by atoms with E-state index >= 15 is 0 Å². The second-order valence-electron chi connectivity index (χ2n) is 3.62. The summed E-state index contributed by atoms with van der Waals surface area (Å²) in [4.78, 5) is 0. The normalized spacial score (nSPS) is 37.8. The molecule has 1 saturated carbocycles. The second-order valence-corrected chi connectivity index (χ2v) is 3.62. The van der Waals surface area contributed by atoms with E-state index in [0.29, 0.717) is 6.79 Å². The van der Waals surface area contributed by atoms with Crippen molar-refractivity contribution in [3.8, 4) is 0 Å². The van der Waals surface area contributed by atoms with Gasteiger partial charge in [-0.25, -0.2) is 0 Å². The third-order valence-corrected chi connectivity index (χ3v) is 2.81. The highest BCUT2D eigenvalue weighted by molar-refractivity contribution is 5.14. The van der Waals surface area contributed by atoms with Gasteiger partial charge in [-0.3, -0.25) is 0 Å². The Morgan fingerprint density at radius 1 is 1.62 bits per heavy atom. The molecule has 3 heteroatoms. The lowest BCUT2D eigenvalue weighted by atomic mass is 10.0. The van der Waals surface area contributed by atoms with Gasteiger partial charge in [-0.2, -0.15) is 0 Å². The van der Waals surface area contributed by atoms with Crippen molar-refractivity contribution in [1.82, 2.24) is 0 Å². The van der Waals surface area contributed by atoms with Crippen molar-refractivity contribution in [1.29, 1.82) is 0 Å². The van der Waals surface area contributed by atoms with Crippen LogP contribution in [0.15, 0.2) is 12.2 Å². The van der Waals surface area contributed by atoms with Gasteiger partial charge in [-0.05, 0) is 19.3 Å². The van der Waals surface area contributed by atoms with Gasteiger partial charge in [0.05, 0.1) is 12.7 Å². The standard InChI is InChI=1S/C10H16O3/c1-11-8-12-9-4-2-5-10(9)6-3-7-13-10/h3,6,9H,2,4-5,7-8H2,1H3/t9-,10+/m1/s1. The van der Waals surface area contributed by atoms with E-state index in [2.05, 4.69) is 12.2 Å². The highest BCUT2D eigenvalue weighted by Crippen LogP contribution is 2.39. The van der Waals surface area contributed by atoms with Gasteiger partial charge in [0, 0.05) is 7.11 Å². The Labute approximate surface area is 78.7 Å². The van der Waals surface area contributed by atoms with Crippen molar-refractivity contribution in [2.24, 2.45) is 0 Å². The maximum atomic E-state index is 5.72. The first-order valence-electron chi connectivity index (χ1n) is 4.79. The molecular weight excluding hydrogens is 168 g/mol. The van der Waals surface area contributed by atoms with Crippen molar-refractivity contribution in [2.45, 2.75) is 31.0 Å². The molecule has 0 bridgehead atoms. The van der Waals surface area contributed by atoms with Crippen LogP contribution in [0.25, 0.3) is 0 Å². The monoisotopic (exact) mass is 184 g/mol. The van der Waals surface area contributed by atoms with E-state index < -0.39 is 0 Å². The minimum absolute atomic E-state index is 0.126. The lowest BCUT2D eigenvalue weighted by Crippen LogP contribution is -2.38. The lowest BCUT2D eigenvalue weighted by molar-refractivity contribution is -0.135. The maximum Gasteiger partial charge on any atom is 0.146 e. The van der Waals surface area contributed by atoms with Crippen LogP contribution in [0.3, 0.4) is 0 Å². The van der Waals surface area contributed by atoms with Gasteiger partial charge in [0.1, 0.15) is 12.4 Å². The lowest BCUT2D eigenvalue weighted by Gasteiger charge is -2.28. The second kappa shape index (κ2) is 3.78. The van der Waals surface area contributed by atoms with Crippen LogP contribution in [0.4, 0.5) is 0 Å². The molecule has 0 amide bonds. The molecule has 3 nitrogen and oxygen atoms in total. The van der Waals surface area contributed by atoms with Gasteiger partial charge < -0.3 is 14.2 Å². The molecule has 0 unspecified atom stereocenters. The molecule has 0 aromatic rings. The average molecular weight is 184 g/mol. The van der Waals surface area contributed by atoms with Crippen molar-refractivity contribution in [3.63, 3.8) is 0 Å². The summed E-state index contributed by atoms with van der Waals surface area (Å²) in [5.41, 5.74) is -0.126. The maximum absolute atomic E-state index is 5.72. The summed E-state index contributed by atoms with van der Waals surface area (Å²) >= 11 is 0. The van der Waals surface area contributed by atoms with Gasteiger partial charge in [-0.1, -0.05) is 12.2 Å². The third-order valence-electron chi connectivity index (χ3n) is 2.81. The van der Waals surface area contributed by atoms with E-state index in [-0.39, 0.29) is 11.7 Å². The molecule has 0 saturated heterocycles. The minimum atomic E-state index is -0.126. The van der Waals surface area contributed by atoms with Crippen LogP contribution in [0.5, 0.6) is 0 Å². The van der Waals surface area contributed by atoms with E-state index in [1.165, 1.54) is 6.42 Å². The summed E-state index contributed by atoms with van der Waals surface area (Å²) in [6, 6.07) is 0. The van der Waals surface area contributed by atoms with Gasteiger partial charge in [0.15, 0.2) is 0 Å². The van der Waals surface area contributed by atoms with Crippen LogP contribution >= 0.6 is 0 Å². The molecule has 2 rings (SSSR count). The minimum Gasteiger partial charge on any atom is -0.364 e. The van der Waals surface area contributed by atoms with Crippen LogP contribution < -0.4 is 0 Å². The summed E-state index contributed by atoms with van der Waals surface area (Å²) in [6.07, 6.45) is 7.75. The van der Waals surface area contributed by atoms with E-state index in [4.69, 9.17) is 14.2 Å². The van der Waals surface area contributed by atoms with Crippen molar-refractivity contribution < 1.29 is 14.2 Å². The van der Waals surface area contributed by atoms with Crippen LogP contribution in [0, 0.1) is 0 Å². The predicted molar refractivity (Wildman–Crippen MR) is 48.4 cm³/mol. The van der Waals surface area contributed by atoms with Crippen LogP contribution in [-0.4, -0.2) is 32.2 Å². The van der Waals surface area contributed by atoms with Crippen molar-refractivity contribution >= 4 is 0 Å². The Balaban J connectivity index is 1.97. The first-order valence-corrected chi connectivity index (χ1v) is 4.79. The molecule has 2 aliphatic rings. The fourth-order valence-electron chi connectivity index (χ4n) is 2.20. The first-order chi connectivity index (χ1) is 6.37. The molecule has 0 aromatic carbocycles. The topological polar surface area (TPSA) is 27.7 Å². The number of methoxy groups -OCH3 is 1. The molecule has 1 fully saturated rings. The van der Waals surface area contributed by atoms with Crippen molar-refractivity contribution in [3.05, 3.63) is 12.2 Å². The summed E-state index contributed by atoms with van der Waals surface area (Å²) in [5.74, 6) is 0. The highest BCUT2D eigenvalue weighted by Gasteiger charge is 2.44. The molecule has 0 aromatic heterocycles. The Bertz CT molecular complexity index is 202. The quantitative estimate of drug-likeness (QED) is 0.491. The van der Waals surface area contributed by atoms with Crippen LogP contribution in [0.2, 0.25) is 0 Å². The summed E-state index contributed by atoms with van der Waals surface area (Å²) in [7, 11) is 1.65. The number of rotatable bonds is 3. The zero-order chi connectivity index (χ0) is 9.15. The van der Waals surface area contributed by atoms with E-state index in [1.807, 2.05) is 0 Å². The first kappa shape index (κ1) is 9.19. The Morgan fingerprint density at radius 2 is 2.54 bits per heavy atom. The highest BCUT2D eigenvalue weighted by atomic mass is 16.7. The smallest absolute Gasteiger partial charge is 0.146 e. The predicted octanol–water partition coefficient (Wildman–Crippen LogP) is 1.48. The molecule has 1 heterocycles. The zero-order valence-corrected chi connectivity index (χ0v) is 7.99. The van der Waals surface area contributed by atoms with Crippen LogP contribution in [0.1, 0.15) is 19.3 Å². The summed E-state index contributed by atoms with van der Waals surface area (Å²) in [5, 5.41) is 0. The van der Waals surface area contributed by atoms with Crippen LogP contribution in [-0.2, 0) is 14.2 Å². The molecule has 0 N–H and O–H groups in total. The van der Waals surface area contributed by atoms with Gasteiger partial charge >= 0.3 is 0 Å². The van der Waals surface area contributed by atoms with E-state index in [9.17, 15) is 0 Å². The third kappa shape index (κ3) is 1.64. The van der Waals surface area contributed by atoms with Crippen molar-refractivity contribution in [2.75, 3.05) is 20.5 Å². The summed E-state index contributed by atoms with van der Waals surface area (Å²) in [6.45, 7) is 1.09. The molecule has 0 radical (unpaired) electrons. The van der Waals surface area contributed by atoms with Gasteiger partial charge in [-0.15, -0.1) is 0 Å². The molecule has 74 valence electrons. The SMILES string of the molecule is COCO[C@@H]1CCC[C@]12C=CCO2. The Morgan fingerprint density at radius 3 is 3.23 bits per heavy atom. The molecule has 1 aliphatic carbocycles. The Hall–Kier alpha value is -0.380.